The molecule has 1 aliphatic rings. The number of rotatable bonds is 3. The van der Waals surface area contributed by atoms with Crippen LogP contribution in [0.5, 0.6) is 0 Å². The van der Waals surface area contributed by atoms with Crippen molar-refractivity contribution in [2.45, 2.75) is 25.8 Å². The maximum absolute atomic E-state index is 12.0. The molecule has 1 amide bonds. The van der Waals surface area contributed by atoms with Crippen LogP contribution in [0.2, 0.25) is 5.02 Å². The van der Waals surface area contributed by atoms with Crippen LogP contribution in [-0.2, 0) is 4.74 Å². The highest BCUT2D eigenvalue weighted by molar-refractivity contribution is 6.31. The van der Waals surface area contributed by atoms with Gasteiger partial charge in [-0.3, -0.25) is 4.98 Å². The van der Waals surface area contributed by atoms with Crippen LogP contribution in [0.1, 0.15) is 25.8 Å². The van der Waals surface area contributed by atoms with Crippen molar-refractivity contribution in [2.24, 2.45) is 0 Å². The van der Waals surface area contributed by atoms with Crippen molar-refractivity contribution in [3.8, 4) is 11.5 Å². The number of halogens is 1. The number of likely N-dealkylation sites (tertiary alicyclic amines) is 1. The van der Waals surface area contributed by atoms with E-state index in [2.05, 4.69) is 14.5 Å². The molecule has 1 fully saturated rings. The Labute approximate surface area is 162 Å². The van der Waals surface area contributed by atoms with Crippen molar-refractivity contribution in [3.63, 3.8) is 0 Å². The van der Waals surface area contributed by atoms with E-state index in [4.69, 9.17) is 21.3 Å². The minimum Gasteiger partial charge on any atom is -0.450 e. The van der Waals surface area contributed by atoms with Crippen molar-refractivity contribution in [1.82, 2.24) is 24.4 Å². The molecule has 3 aromatic heterocycles. The molecule has 0 bridgehead atoms. The van der Waals surface area contributed by atoms with E-state index in [1.54, 1.807) is 17.3 Å². The second-order valence-electron chi connectivity index (χ2n) is 6.43. The monoisotopic (exact) mass is 385 g/mol. The lowest BCUT2D eigenvalue weighted by atomic mass is 10.0. The van der Waals surface area contributed by atoms with E-state index in [0.29, 0.717) is 24.7 Å². The molecule has 3 aromatic rings. The highest BCUT2D eigenvalue weighted by Gasteiger charge is 2.28. The first-order valence-electron chi connectivity index (χ1n) is 9.04. The SMILES string of the molecule is CCOC(=O)N1CCC(n2c(-c3ccccn3)nc3cc(Cl)cnc32)CC1. The fourth-order valence-corrected chi connectivity index (χ4v) is 3.65. The third-order valence-corrected chi connectivity index (χ3v) is 4.95. The Morgan fingerprint density at radius 3 is 2.81 bits per heavy atom. The fraction of sp³-hybridized carbons (Fsp3) is 0.368. The van der Waals surface area contributed by atoms with Gasteiger partial charge in [-0.2, -0.15) is 0 Å². The number of amides is 1. The van der Waals surface area contributed by atoms with Gasteiger partial charge < -0.3 is 14.2 Å². The van der Waals surface area contributed by atoms with Gasteiger partial charge in [0.25, 0.3) is 0 Å². The zero-order valence-electron chi connectivity index (χ0n) is 15.0. The summed E-state index contributed by atoms with van der Waals surface area (Å²) in [6, 6.07) is 7.75. The Morgan fingerprint density at radius 2 is 2.11 bits per heavy atom. The van der Waals surface area contributed by atoms with Gasteiger partial charge in [0, 0.05) is 31.5 Å². The van der Waals surface area contributed by atoms with Crippen molar-refractivity contribution in [1.29, 1.82) is 0 Å². The molecule has 0 spiro atoms. The van der Waals surface area contributed by atoms with Gasteiger partial charge in [-0.05, 0) is 38.0 Å². The highest BCUT2D eigenvalue weighted by atomic mass is 35.5. The molecule has 140 valence electrons. The number of nitrogens with zero attached hydrogens (tertiary/aromatic N) is 5. The number of fused-ring (bicyclic) bond motifs is 1. The largest absolute Gasteiger partial charge is 0.450 e. The van der Waals surface area contributed by atoms with Gasteiger partial charge in [0.2, 0.25) is 0 Å². The van der Waals surface area contributed by atoms with E-state index in [0.717, 1.165) is 35.5 Å². The minimum atomic E-state index is -0.249. The molecule has 8 heteroatoms. The van der Waals surface area contributed by atoms with Crippen molar-refractivity contribution >= 4 is 28.9 Å². The van der Waals surface area contributed by atoms with Crippen molar-refractivity contribution in [2.75, 3.05) is 19.7 Å². The highest BCUT2D eigenvalue weighted by Crippen LogP contribution is 2.32. The third-order valence-electron chi connectivity index (χ3n) is 4.75. The maximum Gasteiger partial charge on any atom is 0.409 e. The normalized spacial score (nSPS) is 15.3. The van der Waals surface area contributed by atoms with Gasteiger partial charge in [-0.25, -0.2) is 14.8 Å². The minimum absolute atomic E-state index is 0.173. The lowest BCUT2D eigenvalue weighted by Crippen LogP contribution is -2.39. The maximum atomic E-state index is 12.0. The van der Waals surface area contributed by atoms with Gasteiger partial charge in [0.15, 0.2) is 11.5 Å². The molecule has 4 rings (SSSR count). The standard InChI is InChI=1S/C19H20ClN5O2/c1-2-27-19(26)24-9-6-14(7-10-24)25-17-16(11-13(20)12-22-17)23-18(25)15-5-3-4-8-21-15/h3-5,8,11-12,14H,2,6-7,9-10H2,1H3. The van der Waals surface area contributed by atoms with Crippen LogP contribution in [0.3, 0.4) is 0 Å². The van der Waals surface area contributed by atoms with Crippen LogP contribution in [0, 0.1) is 0 Å². The number of hydrogen-bond acceptors (Lipinski definition) is 5. The first-order chi connectivity index (χ1) is 13.2. The Bertz CT molecular complexity index is 951. The molecular formula is C19H20ClN5O2. The van der Waals surface area contributed by atoms with E-state index in [-0.39, 0.29) is 12.1 Å². The summed E-state index contributed by atoms with van der Waals surface area (Å²) < 4.78 is 7.25. The van der Waals surface area contributed by atoms with Gasteiger partial charge in [0.05, 0.1) is 11.6 Å². The van der Waals surface area contributed by atoms with E-state index in [1.807, 2.05) is 31.2 Å². The van der Waals surface area contributed by atoms with Gasteiger partial charge in [0.1, 0.15) is 11.2 Å². The van der Waals surface area contributed by atoms with E-state index in [9.17, 15) is 4.79 Å². The summed E-state index contributed by atoms with van der Waals surface area (Å²) in [4.78, 5) is 27.5. The first kappa shape index (κ1) is 17.7. The van der Waals surface area contributed by atoms with Gasteiger partial charge in [-0.1, -0.05) is 17.7 Å². The predicted octanol–water partition coefficient (Wildman–Crippen LogP) is 3.94. The number of ether oxygens (including phenoxy) is 1. The molecule has 1 aliphatic heterocycles. The summed E-state index contributed by atoms with van der Waals surface area (Å²) in [5, 5.41) is 0.553. The number of pyridine rings is 2. The number of aromatic nitrogens is 4. The fourth-order valence-electron chi connectivity index (χ4n) is 3.50. The van der Waals surface area contributed by atoms with E-state index >= 15 is 0 Å². The number of imidazole rings is 1. The van der Waals surface area contributed by atoms with Crippen LogP contribution in [0.4, 0.5) is 4.79 Å². The van der Waals surface area contributed by atoms with Crippen molar-refractivity contribution < 1.29 is 9.53 Å². The summed E-state index contributed by atoms with van der Waals surface area (Å²) in [7, 11) is 0. The number of carbonyl (C=O) groups is 1. The summed E-state index contributed by atoms with van der Waals surface area (Å²) in [5.41, 5.74) is 2.32. The summed E-state index contributed by atoms with van der Waals surface area (Å²) in [6.45, 7) is 3.48. The number of hydrogen-bond donors (Lipinski definition) is 0. The Hall–Kier alpha value is -2.67. The third kappa shape index (κ3) is 3.47. The molecule has 0 unspecified atom stereocenters. The molecule has 0 saturated carbocycles. The number of piperidine rings is 1. The van der Waals surface area contributed by atoms with E-state index in [1.165, 1.54) is 0 Å². The molecular weight excluding hydrogens is 366 g/mol. The van der Waals surface area contributed by atoms with Gasteiger partial charge in [-0.15, -0.1) is 0 Å². The van der Waals surface area contributed by atoms with Gasteiger partial charge >= 0.3 is 6.09 Å². The summed E-state index contributed by atoms with van der Waals surface area (Å²) in [5.74, 6) is 0.773. The van der Waals surface area contributed by atoms with Crippen LogP contribution < -0.4 is 0 Å². The molecule has 0 atom stereocenters. The topological polar surface area (TPSA) is 73.1 Å². The average Bonchev–Trinajstić information content (AvgIpc) is 3.07. The lowest BCUT2D eigenvalue weighted by Gasteiger charge is -2.32. The second kappa shape index (κ2) is 7.52. The Morgan fingerprint density at radius 1 is 1.30 bits per heavy atom. The summed E-state index contributed by atoms with van der Waals surface area (Å²) in [6.07, 6.45) is 4.74. The zero-order valence-corrected chi connectivity index (χ0v) is 15.8. The molecule has 4 heterocycles. The molecule has 0 N–H and O–H groups in total. The quantitative estimate of drug-likeness (QED) is 0.682. The van der Waals surface area contributed by atoms with Crippen molar-refractivity contribution in [3.05, 3.63) is 41.7 Å². The molecule has 0 aromatic carbocycles. The number of carbonyl (C=O) groups excluding carboxylic acids is 1. The van der Waals surface area contributed by atoms with Crippen LogP contribution in [0.25, 0.3) is 22.7 Å². The van der Waals surface area contributed by atoms with Crippen LogP contribution >= 0.6 is 11.6 Å². The second-order valence-corrected chi connectivity index (χ2v) is 6.87. The first-order valence-corrected chi connectivity index (χ1v) is 9.41. The van der Waals surface area contributed by atoms with E-state index < -0.39 is 0 Å². The lowest BCUT2D eigenvalue weighted by molar-refractivity contribution is 0.0931. The smallest absolute Gasteiger partial charge is 0.409 e. The molecule has 7 nitrogen and oxygen atoms in total. The summed E-state index contributed by atoms with van der Waals surface area (Å²) >= 11 is 6.11. The molecule has 1 saturated heterocycles. The van der Waals surface area contributed by atoms with Crippen LogP contribution in [0.15, 0.2) is 36.7 Å². The average molecular weight is 386 g/mol. The predicted molar refractivity (Wildman–Crippen MR) is 103 cm³/mol. The molecule has 0 radical (unpaired) electrons. The molecule has 27 heavy (non-hydrogen) atoms. The Balaban J connectivity index is 1.70. The van der Waals surface area contributed by atoms with Crippen LogP contribution in [-0.4, -0.2) is 50.2 Å². The Kier molecular flexibility index (Phi) is 4.94. The molecule has 0 aliphatic carbocycles. The zero-order chi connectivity index (χ0) is 18.8.